The van der Waals surface area contributed by atoms with Crippen LogP contribution in [0.25, 0.3) is 0 Å². The van der Waals surface area contributed by atoms with E-state index in [4.69, 9.17) is 11.6 Å². The summed E-state index contributed by atoms with van der Waals surface area (Å²) in [6.45, 7) is 1.99. The summed E-state index contributed by atoms with van der Waals surface area (Å²) in [7, 11) is 0. The van der Waals surface area contributed by atoms with Crippen molar-refractivity contribution in [1.82, 2.24) is 15.6 Å². The Morgan fingerprint density at radius 1 is 1.19 bits per heavy atom. The van der Waals surface area contributed by atoms with Crippen LogP contribution in [-0.4, -0.2) is 42.5 Å². The number of pyridine rings is 1. The van der Waals surface area contributed by atoms with E-state index in [2.05, 4.69) is 15.6 Å². The smallest absolute Gasteiger partial charge is 0.281 e. The van der Waals surface area contributed by atoms with Crippen LogP contribution < -0.4 is 15.5 Å². The van der Waals surface area contributed by atoms with Crippen LogP contribution >= 0.6 is 11.6 Å². The first-order valence-electron chi connectivity index (χ1n) is 12.4. The number of benzene rings is 1. The Kier molecular flexibility index (Phi) is 6.96. The Hall–Kier alpha value is -2.65. The van der Waals surface area contributed by atoms with Gasteiger partial charge in [-0.25, -0.2) is 13.2 Å². The van der Waals surface area contributed by atoms with Crippen LogP contribution in [0.4, 0.5) is 18.9 Å². The van der Waals surface area contributed by atoms with Crippen LogP contribution in [-0.2, 0) is 10.2 Å². The quantitative estimate of drug-likeness (QED) is 0.596. The molecular formula is C26H28ClF3N4O2. The minimum Gasteiger partial charge on any atom is -0.349 e. The van der Waals surface area contributed by atoms with Crippen molar-refractivity contribution in [2.24, 2.45) is 5.92 Å². The van der Waals surface area contributed by atoms with Gasteiger partial charge in [0, 0.05) is 18.8 Å². The zero-order valence-electron chi connectivity index (χ0n) is 19.7. The van der Waals surface area contributed by atoms with Crippen molar-refractivity contribution in [3.05, 3.63) is 58.1 Å². The Labute approximate surface area is 212 Å². The maximum atomic E-state index is 14.2. The van der Waals surface area contributed by atoms with Crippen LogP contribution in [0.5, 0.6) is 0 Å². The lowest BCUT2D eigenvalue weighted by molar-refractivity contribution is -0.124. The molecule has 36 heavy (non-hydrogen) atoms. The molecule has 1 saturated heterocycles. The zero-order chi connectivity index (χ0) is 25.4. The fourth-order valence-corrected chi connectivity index (χ4v) is 6.11. The van der Waals surface area contributed by atoms with Crippen molar-refractivity contribution >= 4 is 29.1 Å². The highest BCUT2D eigenvalue weighted by molar-refractivity contribution is 6.30. The van der Waals surface area contributed by atoms with Crippen molar-refractivity contribution < 1.29 is 22.8 Å². The van der Waals surface area contributed by atoms with Gasteiger partial charge in [-0.1, -0.05) is 17.7 Å². The molecule has 1 aliphatic carbocycles. The van der Waals surface area contributed by atoms with Gasteiger partial charge in [0.2, 0.25) is 5.91 Å². The third-order valence-electron chi connectivity index (χ3n) is 7.84. The molecule has 2 amide bonds. The van der Waals surface area contributed by atoms with Gasteiger partial charge in [0.1, 0.15) is 11.5 Å². The normalized spacial score (nSPS) is 23.2. The largest absolute Gasteiger partial charge is 0.349 e. The second-order valence-corrected chi connectivity index (χ2v) is 10.4. The summed E-state index contributed by atoms with van der Waals surface area (Å²) in [6, 6.07) is 5.70. The number of nitrogens with zero attached hydrogens (tertiary/aromatic N) is 2. The third-order valence-corrected chi connectivity index (χ3v) is 8.04. The lowest BCUT2D eigenvalue weighted by Crippen LogP contribution is -2.48. The van der Waals surface area contributed by atoms with Crippen LogP contribution in [0.15, 0.2) is 30.5 Å². The van der Waals surface area contributed by atoms with Gasteiger partial charge in [-0.2, -0.15) is 0 Å². The van der Waals surface area contributed by atoms with Crippen molar-refractivity contribution in [2.45, 2.75) is 56.4 Å². The predicted molar refractivity (Wildman–Crippen MR) is 130 cm³/mol. The van der Waals surface area contributed by atoms with Gasteiger partial charge < -0.3 is 15.5 Å². The van der Waals surface area contributed by atoms with E-state index in [0.29, 0.717) is 37.9 Å². The summed E-state index contributed by atoms with van der Waals surface area (Å²) in [5, 5.41) is 6.27. The Balaban J connectivity index is 1.24. The number of alkyl halides is 2. The van der Waals surface area contributed by atoms with E-state index in [-0.39, 0.29) is 34.3 Å². The number of piperidine rings is 1. The van der Waals surface area contributed by atoms with Crippen molar-refractivity contribution in [3.8, 4) is 0 Å². The molecule has 10 heteroatoms. The summed E-state index contributed by atoms with van der Waals surface area (Å²) in [4.78, 5) is 31.7. The molecule has 0 atom stereocenters. The van der Waals surface area contributed by atoms with Crippen LogP contribution in [0.3, 0.4) is 0 Å². The molecule has 3 heterocycles. The van der Waals surface area contributed by atoms with E-state index in [9.17, 15) is 22.8 Å². The topological polar surface area (TPSA) is 74.3 Å². The van der Waals surface area contributed by atoms with E-state index in [0.717, 1.165) is 37.7 Å². The molecule has 2 N–H and O–H groups in total. The number of amides is 2. The maximum absolute atomic E-state index is 14.2. The van der Waals surface area contributed by atoms with Gasteiger partial charge >= 0.3 is 0 Å². The number of carbonyl (C=O) groups excluding carboxylic acids is 2. The number of fused-ring (bicyclic) bond motifs is 2. The number of anilines is 1. The second kappa shape index (κ2) is 10.0. The third kappa shape index (κ3) is 4.59. The van der Waals surface area contributed by atoms with E-state index in [1.807, 2.05) is 0 Å². The van der Waals surface area contributed by atoms with Gasteiger partial charge in [-0.15, -0.1) is 0 Å². The first-order valence-corrected chi connectivity index (χ1v) is 12.7. The number of aromatic nitrogens is 1. The first kappa shape index (κ1) is 25.0. The lowest BCUT2D eigenvalue weighted by atomic mass is 9.74. The maximum Gasteiger partial charge on any atom is 0.281 e. The van der Waals surface area contributed by atoms with Gasteiger partial charge in [0.05, 0.1) is 21.7 Å². The van der Waals surface area contributed by atoms with Crippen molar-refractivity contribution in [1.29, 1.82) is 0 Å². The molecule has 1 aromatic carbocycles. The molecule has 1 saturated carbocycles. The predicted octanol–water partition coefficient (Wildman–Crippen LogP) is 4.77. The Morgan fingerprint density at radius 2 is 1.92 bits per heavy atom. The number of rotatable bonds is 5. The highest BCUT2D eigenvalue weighted by Gasteiger charge is 2.51. The molecule has 2 fully saturated rings. The van der Waals surface area contributed by atoms with Crippen LogP contribution in [0, 0.1) is 11.7 Å². The molecule has 0 radical (unpaired) electrons. The van der Waals surface area contributed by atoms with Gasteiger partial charge in [0.15, 0.2) is 0 Å². The van der Waals surface area contributed by atoms with Crippen molar-refractivity contribution in [3.63, 3.8) is 0 Å². The van der Waals surface area contributed by atoms with Crippen LogP contribution in [0.1, 0.15) is 66.6 Å². The molecule has 0 unspecified atom stereocenters. The summed E-state index contributed by atoms with van der Waals surface area (Å²) >= 11 is 5.87. The van der Waals surface area contributed by atoms with Crippen LogP contribution in [0.2, 0.25) is 5.02 Å². The molecule has 6 nitrogen and oxygen atoms in total. The highest BCUT2D eigenvalue weighted by Crippen LogP contribution is 2.48. The summed E-state index contributed by atoms with van der Waals surface area (Å²) in [5.41, 5.74) is 0.197. The number of hydrogen-bond acceptors (Lipinski definition) is 4. The minimum absolute atomic E-state index is 0.0491. The molecule has 2 aliphatic heterocycles. The van der Waals surface area contributed by atoms with Gasteiger partial charge in [-0.3, -0.25) is 14.6 Å². The minimum atomic E-state index is -2.88. The molecule has 1 aromatic heterocycles. The van der Waals surface area contributed by atoms with E-state index < -0.39 is 23.4 Å². The van der Waals surface area contributed by atoms with E-state index in [1.54, 1.807) is 11.0 Å². The van der Waals surface area contributed by atoms with Gasteiger partial charge in [0.25, 0.3) is 12.3 Å². The summed E-state index contributed by atoms with van der Waals surface area (Å²) in [6.07, 6.45) is 2.42. The fourth-order valence-electron chi connectivity index (χ4n) is 5.95. The zero-order valence-corrected chi connectivity index (χ0v) is 20.5. The summed E-state index contributed by atoms with van der Waals surface area (Å²) in [5.74, 6) is -0.731. The fraction of sp³-hybridized carbons (Fsp3) is 0.500. The molecule has 192 valence electrons. The molecule has 1 spiro atoms. The second-order valence-electron chi connectivity index (χ2n) is 9.99. The monoisotopic (exact) mass is 520 g/mol. The average molecular weight is 521 g/mol. The van der Waals surface area contributed by atoms with E-state index >= 15 is 0 Å². The highest BCUT2D eigenvalue weighted by atomic mass is 35.5. The van der Waals surface area contributed by atoms with Gasteiger partial charge in [-0.05, 0) is 81.3 Å². The molecule has 5 rings (SSSR count). The average Bonchev–Trinajstić information content (AvgIpc) is 3.07. The number of nitrogens with one attached hydrogen (secondary N) is 2. The molecule has 0 bridgehead atoms. The number of carbonyl (C=O) groups is 2. The molecule has 2 aromatic rings. The van der Waals surface area contributed by atoms with E-state index in [1.165, 1.54) is 18.2 Å². The number of halogens is 4. The number of hydrogen-bond donors (Lipinski definition) is 2. The first-order chi connectivity index (χ1) is 17.3. The molecule has 3 aliphatic rings. The standard InChI is InChI=1S/C26H28ClF3N4O2/c27-16-11-19(22(23(29)30)32-13-16)24(35)33-18-4-1-15(2-5-18)14-34-21-12-17(28)3-6-20(21)26(25(34)36)7-9-31-10-8-26/h3,6,11-13,15,18,23,31H,1-2,4-5,7-10,14H2,(H,33,35)/t15-,18-. The summed E-state index contributed by atoms with van der Waals surface area (Å²) < 4.78 is 40.7. The Morgan fingerprint density at radius 3 is 2.61 bits per heavy atom. The molecular weight excluding hydrogens is 493 g/mol. The lowest BCUT2D eigenvalue weighted by Gasteiger charge is -2.35. The van der Waals surface area contributed by atoms with Crippen molar-refractivity contribution in [2.75, 3.05) is 24.5 Å². The Bertz CT molecular complexity index is 1160. The SMILES string of the molecule is O=C(N[C@H]1CC[C@H](CN2C(=O)C3(CCNCC3)c3ccc(F)cc32)CC1)c1cc(Cl)cnc1C(F)F.